The summed E-state index contributed by atoms with van der Waals surface area (Å²) < 4.78 is 15.4. The minimum absolute atomic E-state index is 0.0924. The summed E-state index contributed by atoms with van der Waals surface area (Å²) >= 11 is 0. The molecular weight excluding hydrogens is 258 g/mol. The molecule has 20 heavy (non-hydrogen) atoms. The molecule has 0 spiro atoms. The fraction of sp³-hybridized carbons (Fsp3) is 0.333. The highest BCUT2D eigenvalue weighted by molar-refractivity contribution is 5.98. The molecule has 0 bridgehead atoms. The minimum Gasteiger partial charge on any atom is -0.493 e. The van der Waals surface area contributed by atoms with Gasteiger partial charge in [-0.1, -0.05) is 12.1 Å². The molecule has 0 aliphatic rings. The maximum atomic E-state index is 11.8. The molecule has 1 aromatic carbocycles. The Hall–Kier alpha value is -2.48. The first-order valence-electron chi connectivity index (χ1n) is 6.07. The lowest BCUT2D eigenvalue weighted by atomic mass is 10.1. The third kappa shape index (κ3) is 3.75. The van der Waals surface area contributed by atoms with Crippen molar-refractivity contribution < 1.29 is 19.0 Å². The number of carbonyl (C=O) groups is 1. The summed E-state index contributed by atoms with van der Waals surface area (Å²) in [5, 5.41) is 9.07. The van der Waals surface area contributed by atoms with Gasteiger partial charge in [0.1, 0.15) is 11.6 Å². The van der Waals surface area contributed by atoms with Crippen molar-refractivity contribution in [2.24, 2.45) is 0 Å². The second-order valence-corrected chi connectivity index (χ2v) is 4.21. The van der Waals surface area contributed by atoms with Gasteiger partial charge in [-0.2, -0.15) is 5.26 Å². The van der Waals surface area contributed by atoms with Gasteiger partial charge in [-0.15, -0.1) is 0 Å². The first kappa shape index (κ1) is 15.6. The normalized spacial score (nSPS) is 10.9. The maximum absolute atomic E-state index is 11.8. The van der Waals surface area contributed by atoms with E-state index in [1.165, 1.54) is 20.3 Å². The van der Waals surface area contributed by atoms with Gasteiger partial charge in [0.05, 0.1) is 20.3 Å². The van der Waals surface area contributed by atoms with Gasteiger partial charge in [-0.05, 0) is 26.0 Å². The van der Waals surface area contributed by atoms with E-state index in [-0.39, 0.29) is 11.7 Å². The molecular formula is C15H17NO4. The van der Waals surface area contributed by atoms with Crippen LogP contribution in [-0.4, -0.2) is 26.3 Å². The van der Waals surface area contributed by atoms with E-state index >= 15 is 0 Å². The number of ether oxygens (including phenoxy) is 3. The van der Waals surface area contributed by atoms with E-state index in [1.54, 1.807) is 32.0 Å². The van der Waals surface area contributed by atoms with E-state index in [9.17, 15) is 4.79 Å². The number of carbonyl (C=O) groups excluding carboxylic acids is 1. The van der Waals surface area contributed by atoms with E-state index in [2.05, 4.69) is 0 Å². The number of esters is 1. The number of nitrogens with zero attached hydrogens (tertiary/aromatic N) is 1. The number of benzene rings is 1. The second kappa shape index (κ2) is 7.19. The summed E-state index contributed by atoms with van der Waals surface area (Å²) in [6, 6.07) is 7.04. The molecule has 0 fully saturated rings. The smallest absolute Gasteiger partial charge is 0.349 e. The first-order valence-corrected chi connectivity index (χ1v) is 6.07. The number of hydrogen-bond acceptors (Lipinski definition) is 5. The molecule has 5 nitrogen and oxygen atoms in total. The predicted molar refractivity (Wildman–Crippen MR) is 74.4 cm³/mol. The highest BCUT2D eigenvalue weighted by Gasteiger charge is 2.15. The van der Waals surface area contributed by atoms with Crippen LogP contribution in [0.3, 0.4) is 0 Å². The first-order chi connectivity index (χ1) is 9.53. The number of nitriles is 1. The van der Waals surface area contributed by atoms with Gasteiger partial charge in [0.2, 0.25) is 0 Å². The molecule has 0 aliphatic heterocycles. The zero-order valence-corrected chi connectivity index (χ0v) is 12.0. The standard InChI is InChI=1S/C15H17NO4/c1-10(2)20-15(17)12(9-16)8-11-6-5-7-13(18-3)14(11)19-4/h5-8,10H,1-4H3/b12-8+. The van der Waals surface area contributed by atoms with E-state index in [4.69, 9.17) is 19.5 Å². The summed E-state index contributed by atoms with van der Waals surface area (Å²) in [5.41, 5.74) is 0.481. The lowest BCUT2D eigenvalue weighted by molar-refractivity contribution is -0.142. The van der Waals surface area contributed by atoms with E-state index in [0.717, 1.165) is 0 Å². The predicted octanol–water partition coefficient (Wildman–Crippen LogP) is 2.56. The van der Waals surface area contributed by atoms with Gasteiger partial charge in [0.15, 0.2) is 11.5 Å². The van der Waals surface area contributed by atoms with E-state index < -0.39 is 5.97 Å². The van der Waals surface area contributed by atoms with Crippen molar-refractivity contribution in [1.82, 2.24) is 0 Å². The quantitative estimate of drug-likeness (QED) is 0.469. The molecule has 1 aromatic rings. The average molecular weight is 275 g/mol. The zero-order chi connectivity index (χ0) is 15.1. The molecule has 0 aromatic heterocycles. The average Bonchev–Trinajstić information content (AvgIpc) is 2.43. The van der Waals surface area contributed by atoms with Crippen LogP contribution in [0.15, 0.2) is 23.8 Å². The van der Waals surface area contributed by atoms with Gasteiger partial charge in [-0.25, -0.2) is 4.79 Å². The molecule has 0 saturated heterocycles. The Balaban J connectivity index is 3.20. The molecule has 0 amide bonds. The summed E-state index contributed by atoms with van der Waals surface area (Å²) in [7, 11) is 3.01. The van der Waals surface area contributed by atoms with Crippen molar-refractivity contribution in [3.8, 4) is 17.6 Å². The summed E-state index contributed by atoms with van der Waals surface area (Å²) in [5.74, 6) is 0.322. The summed E-state index contributed by atoms with van der Waals surface area (Å²) in [6.45, 7) is 3.44. The fourth-order valence-electron chi connectivity index (χ4n) is 1.60. The minimum atomic E-state index is -0.660. The lowest BCUT2D eigenvalue weighted by Crippen LogP contribution is -2.12. The largest absolute Gasteiger partial charge is 0.493 e. The Morgan fingerprint density at radius 1 is 1.30 bits per heavy atom. The van der Waals surface area contributed by atoms with Crippen molar-refractivity contribution >= 4 is 12.0 Å². The monoisotopic (exact) mass is 275 g/mol. The molecule has 0 heterocycles. The fourth-order valence-corrected chi connectivity index (χ4v) is 1.60. The van der Waals surface area contributed by atoms with Gasteiger partial charge in [0, 0.05) is 5.56 Å². The molecule has 0 radical (unpaired) electrons. The SMILES string of the molecule is COc1cccc(/C=C(\C#N)C(=O)OC(C)C)c1OC. The van der Waals surface area contributed by atoms with Crippen molar-refractivity contribution in [3.05, 3.63) is 29.3 Å². The highest BCUT2D eigenvalue weighted by Crippen LogP contribution is 2.32. The van der Waals surface area contributed by atoms with Crippen LogP contribution < -0.4 is 9.47 Å². The molecule has 5 heteroatoms. The van der Waals surface area contributed by atoms with Gasteiger partial charge in [0.25, 0.3) is 0 Å². The molecule has 0 saturated carbocycles. The lowest BCUT2D eigenvalue weighted by Gasteiger charge is -2.11. The number of para-hydroxylation sites is 1. The van der Waals surface area contributed by atoms with Crippen molar-refractivity contribution in [3.63, 3.8) is 0 Å². The van der Waals surface area contributed by atoms with Gasteiger partial charge >= 0.3 is 5.97 Å². The van der Waals surface area contributed by atoms with E-state index in [1.807, 2.05) is 6.07 Å². The van der Waals surface area contributed by atoms with Crippen LogP contribution >= 0.6 is 0 Å². The van der Waals surface area contributed by atoms with Crippen LogP contribution in [0, 0.1) is 11.3 Å². The van der Waals surface area contributed by atoms with Crippen molar-refractivity contribution in [2.45, 2.75) is 20.0 Å². The third-order valence-corrected chi connectivity index (χ3v) is 2.42. The van der Waals surface area contributed by atoms with Crippen LogP contribution in [0.1, 0.15) is 19.4 Å². The Morgan fingerprint density at radius 2 is 2.00 bits per heavy atom. The Bertz CT molecular complexity index is 555. The summed E-state index contributed by atoms with van der Waals surface area (Å²) in [6.07, 6.45) is 1.14. The summed E-state index contributed by atoms with van der Waals surface area (Å²) in [4.78, 5) is 11.8. The molecule has 0 unspecified atom stereocenters. The number of rotatable bonds is 5. The van der Waals surface area contributed by atoms with Crippen LogP contribution in [0.4, 0.5) is 0 Å². The van der Waals surface area contributed by atoms with Crippen LogP contribution in [0.5, 0.6) is 11.5 Å². The van der Waals surface area contributed by atoms with Gasteiger partial charge < -0.3 is 14.2 Å². The molecule has 106 valence electrons. The molecule has 0 atom stereocenters. The Labute approximate surface area is 118 Å². The van der Waals surface area contributed by atoms with Crippen molar-refractivity contribution in [1.29, 1.82) is 5.26 Å². The third-order valence-electron chi connectivity index (χ3n) is 2.42. The zero-order valence-electron chi connectivity index (χ0n) is 12.0. The molecule has 0 aliphatic carbocycles. The van der Waals surface area contributed by atoms with E-state index in [0.29, 0.717) is 17.1 Å². The highest BCUT2D eigenvalue weighted by atomic mass is 16.5. The molecule has 1 rings (SSSR count). The maximum Gasteiger partial charge on any atom is 0.349 e. The van der Waals surface area contributed by atoms with Crippen LogP contribution in [0.25, 0.3) is 6.08 Å². The number of hydrogen-bond donors (Lipinski definition) is 0. The molecule has 0 N–H and O–H groups in total. The Kier molecular flexibility index (Phi) is 5.60. The van der Waals surface area contributed by atoms with Crippen LogP contribution in [0.2, 0.25) is 0 Å². The van der Waals surface area contributed by atoms with Crippen LogP contribution in [-0.2, 0) is 9.53 Å². The van der Waals surface area contributed by atoms with Crippen molar-refractivity contribution in [2.75, 3.05) is 14.2 Å². The number of methoxy groups -OCH3 is 2. The second-order valence-electron chi connectivity index (χ2n) is 4.21. The van der Waals surface area contributed by atoms with Gasteiger partial charge in [-0.3, -0.25) is 0 Å². The Morgan fingerprint density at radius 3 is 2.50 bits per heavy atom. The topological polar surface area (TPSA) is 68.5 Å².